The van der Waals surface area contributed by atoms with Gasteiger partial charge in [0.1, 0.15) is 0 Å². The maximum Gasteiger partial charge on any atom is 0.262 e. The molecule has 7 nitrogen and oxygen atoms in total. The van der Waals surface area contributed by atoms with Crippen LogP contribution in [0.4, 0.5) is 5.69 Å². The van der Waals surface area contributed by atoms with Gasteiger partial charge in [0, 0.05) is 29.4 Å². The predicted octanol–water partition coefficient (Wildman–Crippen LogP) is 4.77. The summed E-state index contributed by atoms with van der Waals surface area (Å²) in [6, 6.07) is 15.5. The highest BCUT2D eigenvalue weighted by Crippen LogP contribution is 2.32. The first kappa shape index (κ1) is 20.9. The fourth-order valence-corrected chi connectivity index (χ4v) is 4.40. The molecule has 31 heavy (non-hydrogen) atoms. The number of ether oxygens (including phenoxy) is 2. The van der Waals surface area contributed by atoms with E-state index in [9.17, 15) is 8.42 Å². The Morgan fingerprint density at radius 2 is 1.71 bits per heavy atom. The highest BCUT2D eigenvalue weighted by molar-refractivity contribution is 7.92. The number of nitrogens with one attached hydrogen (secondary N) is 1. The van der Waals surface area contributed by atoms with Gasteiger partial charge in [-0.3, -0.25) is 9.71 Å². The molecule has 0 spiro atoms. The number of nitrogens with zero attached hydrogens (tertiary/aromatic N) is 2. The van der Waals surface area contributed by atoms with Gasteiger partial charge in [-0.1, -0.05) is 23.7 Å². The monoisotopic (exact) mass is 455 g/mol. The zero-order chi connectivity index (χ0) is 22.0. The number of halogens is 1. The molecule has 0 radical (unpaired) electrons. The van der Waals surface area contributed by atoms with Crippen molar-refractivity contribution in [2.45, 2.75) is 4.90 Å². The molecule has 0 atom stereocenters. The van der Waals surface area contributed by atoms with E-state index in [0.29, 0.717) is 17.1 Å². The second-order valence-electron chi connectivity index (χ2n) is 6.60. The summed E-state index contributed by atoms with van der Waals surface area (Å²) in [5.41, 5.74) is 2.60. The van der Waals surface area contributed by atoms with Crippen LogP contribution in [0.2, 0.25) is 5.15 Å². The molecular weight excluding hydrogens is 438 g/mol. The number of methoxy groups -OCH3 is 2. The Morgan fingerprint density at radius 3 is 2.48 bits per heavy atom. The predicted molar refractivity (Wildman–Crippen MR) is 120 cm³/mol. The standard InChI is InChI=1S/C22H18ClN3O4S/c1-29-20-8-6-17(12-21(20)30-2)31(27,28)26-19-11-16(13-25-22(19)23)14-5-7-18-15(10-14)4-3-9-24-18/h3-13,26H,1-2H3. The van der Waals surface area contributed by atoms with Crippen LogP contribution in [-0.4, -0.2) is 32.6 Å². The lowest BCUT2D eigenvalue weighted by Gasteiger charge is -2.13. The number of pyridine rings is 2. The zero-order valence-electron chi connectivity index (χ0n) is 16.7. The lowest BCUT2D eigenvalue weighted by atomic mass is 10.0. The van der Waals surface area contributed by atoms with E-state index in [-0.39, 0.29) is 15.7 Å². The van der Waals surface area contributed by atoms with Crippen molar-refractivity contribution in [2.24, 2.45) is 0 Å². The van der Waals surface area contributed by atoms with Crippen LogP contribution in [0.15, 0.2) is 71.9 Å². The smallest absolute Gasteiger partial charge is 0.262 e. The van der Waals surface area contributed by atoms with Crippen molar-refractivity contribution in [1.82, 2.24) is 9.97 Å². The van der Waals surface area contributed by atoms with Gasteiger partial charge in [-0.25, -0.2) is 13.4 Å². The molecule has 2 aromatic carbocycles. The summed E-state index contributed by atoms with van der Waals surface area (Å²) in [5.74, 6) is 0.724. The van der Waals surface area contributed by atoms with Crippen molar-refractivity contribution < 1.29 is 17.9 Å². The van der Waals surface area contributed by atoms with Crippen LogP contribution in [0, 0.1) is 0 Å². The van der Waals surface area contributed by atoms with Crippen LogP contribution >= 0.6 is 11.6 Å². The molecule has 4 aromatic rings. The van der Waals surface area contributed by atoms with Crippen molar-refractivity contribution in [3.05, 3.63) is 72.1 Å². The topological polar surface area (TPSA) is 90.4 Å². The SMILES string of the molecule is COc1ccc(S(=O)(=O)Nc2cc(-c3ccc4ncccc4c3)cnc2Cl)cc1OC. The van der Waals surface area contributed by atoms with Crippen LogP contribution in [0.25, 0.3) is 22.0 Å². The Labute approximate surface area is 184 Å². The number of anilines is 1. The van der Waals surface area contributed by atoms with E-state index in [1.807, 2.05) is 30.3 Å². The summed E-state index contributed by atoms with van der Waals surface area (Å²) in [6.45, 7) is 0. The molecule has 0 saturated carbocycles. The van der Waals surface area contributed by atoms with Crippen molar-refractivity contribution in [2.75, 3.05) is 18.9 Å². The largest absolute Gasteiger partial charge is 0.493 e. The Kier molecular flexibility index (Phi) is 5.67. The molecule has 2 aromatic heterocycles. The van der Waals surface area contributed by atoms with Gasteiger partial charge >= 0.3 is 0 Å². The molecule has 158 valence electrons. The first-order valence-corrected chi connectivity index (χ1v) is 11.0. The Hall–Kier alpha value is -3.36. The molecule has 4 rings (SSSR count). The van der Waals surface area contributed by atoms with Crippen molar-refractivity contribution in [1.29, 1.82) is 0 Å². The molecule has 0 unspecified atom stereocenters. The second-order valence-corrected chi connectivity index (χ2v) is 8.64. The molecule has 2 heterocycles. The molecule has 0 bridgehead atoms. The molecule has 0 amide bonds. The molecule has 0 saturated heterocycles. The molecule has 0 aliphatic carbocycles. The van der Waals surface area contributed by atoms with Gasteiger partial charge in [0.25, 0.3) is 10.0 Å². The minimum Gasteiger partial charge on any atom is -0.493 e. The molecular formula is C22H18ClN3O4S. The normalized spacial score (nSPS) is 11.3. The minimum atomic E-state index is -3.95. The Bertz CT molecular complexity index is 1380. The summed E-state index contributed by atoms with van der Waals surface area (Å²) in [7, 11) is -1.04. The average molecular weight is 456 g/mol. The number of aromatic nitrogens is 2. The van der Waals surface area contributed by atoms with Crippen LogP contribution in [-0.2, 0) is 10.0 Å². The summed E-state index contributed by atoms with van der Waals surface area (Å²) in [6.07, 6.45) is 3.32. The lowest BCUT2D eigenvalue weighted by Crippen LogP contribution is -2.14. The van der Waals surface area contributed by atoms with E-state index in [0.717, 1.165) is 16.5 Å². The Morgan fingerprint density at radius 1 is 0.903 bits per heavy atom. The van der Waals surface area contributed by atoms with Gasteiger partial charge in [0.15, 0.2) is 16.7 Å². The van der Waals surface area contributed by atoms with E-state index in [1.54, 1.807) is 18.5 Å². The lowest BCUT2D eigenvalue weighted by molar-refractivity contribution is 0.354. The Balaban J connectivity index is 1.70. The third kappa shape index (κ3) is 4.26. The van der Waals surface area contributed by atoms with E-state index in [4.69, 9.17) is 21.1 Å². The van der Waals surface area contributed by atoms with Crippen LogP contribution < -0.4 is 14.2 Å². The van der Waals surface area contributed by atoms with Gasteiger partial charge in [-0.2, -0.15) is 0 Å². The number of hydrogen-bond acceptors (Lipinski definition) is 6. The summed E-state index contributed by atoms with van der Waals surface area (Å²) in [5, 5.41) is 0.998. The zero-order valence-corrected chi connectivity index (χ0v) is 18.2. The average Bonchev–Trinajstić information content (AvgIpc) is 2.79. The summed E-state index contributed by atoms with van der Waals surface area (Å²) in [4.78, 5) is 8.46. The maximum atomic E-state index is 12.9. The third-order valence-corrected chi connectivity index (χ3v) is 6.35. The van der Waals surface area contributed by atoms with E-state index in [2.05, 4.69) is 14.7 Å². The number of sulfonamides is 1. The minimum absolute atomic E-state index is 0.00315. The first-order chi connectivity index (χ1) is 14.9. The first-order valence-electron chi connectivity index (χ1n) is 9.17. The van der Waals surface area contributed by atoms with E-state index < -0.39 is 10.0 Å². The maximum absolute atomic E-state index is 12.9. The molecule has 9 heteroatoms. The van der Waals surface area contributed by atoms with Gasteiger partial charge in [0.2, 0.25) is 0 Å². The van der Waals surface area contributed by atoms with Crippen molar-refractivity contribution in [3.63, 3.8) is 0 Å². The van der Waals surface area contributed by atoms with Crippen LogP contribution in [0.3, 0.4) is 0 Å². The second kappa shape index (κ2) is 8.41. The molecule has 1 N–H and O–H groups in total. The highest BCUT2D eigenvalue weighted by atomic mass is 35.5. The summed E-state index contributed by atoms with van der Waals surface area (Å²) < 4.78 is 38.8. The fourth-order valence-electron chi connectivity index (χ4n) is 3.12. The number of benzene rings is 2. The van der Waals surface area contributed by atoms with Gasteiger partial charge in [-0.15, -0.1) is 0 Å². The summed E-state index contributed by atoms with van der Waals surface area (Å²) >= 11 is 6.19. The van der Waals surface area contributed by atoms with Crippen molar-refractivity contribution in [3.8, 4) is 22.6 Å². The third-order valence-electron chi connectivity index (χ3n) is 4.69. The van der Waals surface area contributed by atoms with E-state index in [1.165, 1.54) is 32.4 Å². The number of hydrogen-bond donors (Lipinski definition) is 1. The molecule has 0 aliphatic rings. The van der Waals surface area contributed by atoms with Gasteiger partial charge in [0.05, 0.1) is 30.3 Å². The molecule has 0 aliphatic heterocycles. The van der Waals surface area contributed by atoms with Crippen LogP contribution in [0.5, 0.6) is 11.5 Å². The number of rotatable bonds is 6. The molecule has 0 fully saturated rings. The van der Waals surface area contributed by atoms with Crippen molar-refractivity contribution >= 4 is 38.2 Å². The van der Waals surface area contributed by atoms with Gasteiger partial charge < -0.3 is 9.47 Å². The number of fused-ring (bicyclic) bond motifs is 1. The quantitative estimate of drug-likeness (QED) is 0.421. The van der Waals surface area contributed by atoms with Gasteiger partial charge in [-0.05, 0) is 42.0 Å². The van der Waals surface area contributed by atoms with Crippen LogP contribution in [0.1, 0.15) is 0 Å². The fraction of sp³-hybridized carbons (Fsp3) is 0.0909. The van der Waals surface area contributed by atoms with E-state index >= 15 is 0 Å². The highest BCUT2D eigenvalue weighted by Gasteiger charge is 2.19.